The highest BCUT2D eigenvalue weighted by Crippen LogP contribution is 2.26. The summed E-state index contributed by atoms with van der Waals surface area (Å²) in [6, 6.07) is 23.8. The highest BCUT2D eigenvalue weighted by Gasteiger charge is 2.12. The molecule has 29 heavy (non-hydrogen) atoms. The molecule has 0 atom stereocenters. The molecular weight excluding hydrogens is 386 g/mol. The van der Waals surface area contributed by atoms with Crippen LogP contribution >= 0.6 is 11.6 Å². The van der Waals surface area contributed by atoms with Gasteiger partial charge in [-0.1, -0.05) is 54.1 Å². The fourth-order valence-corrected chi connectivity index (χ4v) is 3.13. The Kier molecular flexibility index (Phi) is 5.15. The highest BCUT2D eigenvalue weighted by atomic mass is 35.5. The van der Waals surface area contributed by atoms with Crippen molar-refractivity contribution in [3.05, 3.63) is 105 Å². The van der Waals surface area contributed by atoms with E-state index in [1.165, 1.54) is 0 Å². The number of halogens is 1. The number of hydrogen-bond acceptors (Lipinski definition) is 4. The van der Waals surface area contributed by atoms with E-state index in [0.29, 0.717) is 27.3 Å². The van der Waals surface area contributed by atoms with Gasteiger partial charge in [0.25, 0.3) is 0 Å². The molecule has 3 aromatic carbocycles. The van der Waals surface area contributed by atoms with E-state index in [0.717, 1.165) is 11.3 Å². The number of hydrogen-bond donors (Lipinski definition) is 0. The zero-order chi connectivity index (χ0) is 20.2. The van der Waals surface area contributed by atoms with Crippen molar-refractivity contribution < 1.29 is 9.15 Å². The van der Waals surface area contributed by atoms with E-state index in [4.69, 9.17) is 20.8 Å². The summed E-state index contributed by atoms with van der Waals surface area (Å²) in [5.41, 5.74) is 0.955. The normalized spacial score (nSPS) is 10.9. The van der Waals surface area contributed by atoms with Crippen LogP contribution in [-0.2, 0) is 0 Å². The Bertz CT molecular complexity index is 1320. The molecule has 0 fully saturated rings. The Balaban J connectivity index is 1.74. The topological polar surface area (TPSA) is 63.2 Å². The zero-order valence-electron chi connectivity index (χ0n) is 15.1. The Labute approximate surface area is 171 Å². The van der Waals surface area contributed by atoms with Gasteiger partial charge in [-0.05, 0) is 48.0 Å². The number of benzene rings is 3. The molecule has 0 saturated carbocycles. The number of fused-ring (bicyclic) bond motifs is 1. The van der Waals surface area contributed by atoms with Gasteiger partial charge in [-0.25, -0.2) is 4.79 Å². The number of rotatable bonds is 4. The summed E-state index contributed by atoms with van der Waals surface area (Å²) in [6.07, 6.45) is 3.53. The van der Waals surface area contributed by atoms with E-state index in [2.05, 4.69) is 0 Å². The molecule has 0 radical (unpaired) electrons. The summed E-state index contributed by atoms with van der Waals surface area (Å²) in [7, 11) is 0. The maximum atomic E-state index is 12.2. The molecule has 5 heteroatoms. The summed E-state index contributed by atoms with van der Waals surface area (Å²) in [4.78, 5) is 12.2. The molecule has 140 valence electrons. The predicted octanol–water partition coefficient (Wildman–Crippen LogP) is 6.28. The van der Waals surface area contributed by atoms with Crippen LogP contribution in [0.25, 0.3) is 23.1 Å². The van der Waals surface area contributed by atoms with Crippen LogP contribution in [0.4, 0.5) is 0 Å². The molecule has 0 spiro atoms. The van der Waals surface area contributed by atoms with E-state index in [1.54, 1.807) is 24.3 Å². The molecular formula is C24H14ClNO3. The molecule has 0 aliphatic rings. The summed E-state index contributed by atoms with van der Waals surface area (Å²) in [5, 5.41) is 10.5. The van der Waals surface area contributed by atoms with Crippen LogP contribution < -0.4 is 10.4 Å². The van der Waals surface area contributed by atoms with Crippen molar-refractivity contribution >= 4 is 34.7 Å². The second kappa shape index (κ2) is 8.05. The fourth-order valence-electron chi connectivity index (χ4n) is 2.96. The second-order valence-corrected chi connectivity index (χ2v) is 6.69. The van der Waals surface area contributed by atoms with Crippen LogP contribution in [0.3, 0.4) is 0 Å². The molecule has 0 aliphatic carbocycles. The van der Waals surface area contributed by atoms with Crippen molar-refractivity contribution in [2.75, 3.05) is 0 Å². The van der Waals surface area contributed by atoms with Crippen molar-refractivity contribution in [1.82, 2.24) is 0 Å². The molecule has 0 amide bonds. The molecule has 1 aromatic heterocycles. The molecule has 0 unspecified atom stereocenters. The summed E-state index contributed by atoms with van der Waals surface area (Å²) in [6.45, 7) is 0. The lowest BCUT2D eigenvalue weighted by molar-refractivity contribution is 0.482. The van der Waals surface area contributed by atoms with Gasteiger partial charge in [0, 0.05) is 16.0 Å². The third-order valence-electron chi connectivity index (χ3n) is 4.30. The molecule has 0 N–H and O–H groups in total. The summed E-state index contributed by atoms with van der Waals surface area (Å²) < 4.78 is 11.1. The average molecular weight is 400 g/mol. The first kappa shape index (κ1) is 18.5. The maximum Gasteiger partial charge on any atom is 0.354 e. The van der Waals surface area contributed by atoms with E-state index in [-0.39, 0.29) is 5.56 Å². The van der Waals surface area contributed by atoms with E-state index in [1.807, 2.05) is 66.7 Å². The van der Waals surface area contributed by atoms with Crippen LogP contribution in [-0.4, -0.2) is 0 Å². The molecule has 0 aliphatic heterocycles. The highest BCUT2D eigenvalue weighted by molar-refractivity contribution is 6.31. The van der Waals surface area contributed by atoms with Gasteiger partial charge in [0.1, 0.15) is 28.7 Å². The van der Waals surface area contributed by atoms with Gasteiger partial charge < -0.3 is 9.15 Å². The smallest absolute Gasteiger partial charge is 0.354 e. The van der Waals surface area contributed by atoms with Crippen LogP contribution in [0.5, 0.6) is 11.5 Å². The van der Waals surface area contributed by atoms with Gasteiger partial charge in [-0.15, -0.1) is 0 Å². The summed E-state index contributed by atoms with van der Waals surface area (Å²) in [5.74, 6) is 1.42. The number of ether oxygens (including phenoxy) is 1. The first-order valence-corrected chi connectivity index (χ1v) is 9.19. The van der Waals surface area contributed by atoms with E-state index < -0.39 is 5.63 Å². The molecule has 0 saturated heterocycles. The van der Waals surface area contributed by atoms with Crippen LogP contribution in [0.1, 0.15) is 16.7 Å². The predicted molar refractivity (Wildman–Crippen MR) is 114 cm³/mol. The van der Waals surface area contributed by atoms with Crippen molar-refractivity contribution in [1.29, 1.82) is 5.26 Å². The average Bonchev–Trinajstić information content (AvgIpc) is 2.73. The Morgan fingerprint density at radius 1 is 0.931 bits per heavy atom. The third kappa shape index (κ3) is 4.06. The van der Waals surface area contributed by atoms with Gasteiger partial charge in [0.05, 0.1) is 0 Å². The number of nitrogens with zero attached hydrogens (tertiary/aromatic N) is 1. The quantitative estimate of drug-likeness (QED) is 0.379. The fraction of sp³-hybridized carbons (Fsp3) is 0. The maximum absolute atomic E-state index is 12.2. The van der Waals surface area contributed by atoms with Crippen molar-refractivity contribution in [3.63, 3.8) is 0 Å². The Morgan fingerprint density at radius 2 is 1.72 bits per heavy atom. The second-order valence-electron chi connectivity index (χ2n) is 6.25. The molecule has 4 nitrogen and oxygen atoms in total. The van der Waals surface area contributed by atoms with Gasteiger partial charge in [-0.2, -0.15) is 5.26 Å². The van der Waals surface area contributed by atoms with E-state index >= 15 is 0 Å². The lowest BCUT2D eigenvalue weighted by Gasteiger charge is -2.06. The van der Waals surface area contributed by atoms with Crippen molar-refractivity contribution in [2.24, 2.45) is 0 Å². The third-order valence-corrected chi connectivity index (χ3v) is 4.53. The lowest BCUT2D eigenvalue weighted by atomic mass is 10.0. The SMILES string of the molecule is N#Cc1c(/C=C/c2cccc(Oc3ccccc3)c2)c2cc(Cl)ccc2oc1=O. The minimum atomic E-state index is -0.678. The molecule has 1 heterocycles. The zero-order valence-corrected chi connectivity index (χ0v) is 15.9. The summed E-state index contributed by atoms with van der Waals surface area (Å²) >= 11 is 6.10. The van der Waals surface area contributed by atoms with Gasteiger partial charge in [0.15, 0.2) is 0 Å². The van der Waals surface area contributed by atoms with Gasteiger partial charge >= 0.3 is 5.63 Å². The minimum absolute atomic E-state index is 0.0623. The van der Waals surface area contributed by atoms with Crippen molar-refractivity contribution in [3.8, 4) is 17.6 Å². The van der Waals surface area contributed by atoms with Crippen LogP contribution in [0.15, 0.2) is 82.0 Å². The van der Waals surface area contributed by atoms with Crippen molar-refractivity contribution in [2.45, 2.75) is 0 Å². The first-order chi connectivity index (χ1) is 14.1. The first-order valence-electron chi connectivity index (χ1n) is 8.81. The Hall–Kier alpha value is -3.81. The van der Waals surface area contributed by atoms with Crippen LogP contribution in [0, 0.1) is 11.3 Å². The lowest BCUT2D eigenvalue weighted by Crippen LogP contribution is -2.06. The Morgan fingerprint density at radius 3 is 2.52 bits per heavy atom. The van der Waals surface area contributed by atoms with Gasteiger partial charge in [0.2, 0.25) is 0 Å². The molecule has 4 aromatic rings. The standard InChI is InChI=1S/C24H14ClNO3/c25-17-10-12-23-21(14-17)20(22(15-26)24(27)29-23)11-9-16-5-4-8-19(13-16)28-18-6-2-1-3-7-18/h1-14H/b11-9+. The molecule has 4 rings (SSSR count). The number of para-hydroxylation sites is 1. The van der Waals surface area contributed by atoms with E-state index in [9.17, 15) is 10.1 Å². The largest absolute Gasteiger partial charge is 0.457 e. The van der Waals surface area contributed by atoms with Gasteiger partial charge in [-0.3, -0.25) is 0 Å². The molecule has 0 bridgehead atoms. The minimum Gasteiger partial charge on any atom is -0.457 e. The number of nitriles is 1. The van der Waals surface area contributed by atoms with Crippen LogP contribution in [0.2, 0.25) is 5.02 Å². The monoisotopic (exact) mass is 399 g/mol.